The first-order valence-corrected chi connectivity index (χ1v) is 10.1. The molecule has 3 aromatic rings. The van der Waals surface area contributed by atoms with E-state index in [1.807, 2.05) is 0 Å². The van der Waals surface area contributed by atoms with Crippen molar-refractivity contribution in [2.45, 2.75) is 4.34 Å². The van der Waals surface area contributed by atoms with E-state index in [1.54, 1.807) is 48.5 Å². The summed E-state index contributed by atoms with van der Waals surface area (Å²) in [5, 5.41) is 10.4. The summed E-state index contributed by atoms with van der Waals surface area (Å²) in [4.78, 5) is 12.1. The fourth-order valence-corrected chi connectivity index (χ4v) is 4.08. The fourth-order valence-electron chi connectivity index (χ4n) is 2.00. The summed E-state index contributed by atoms with van der Waals surface area (Å²) in [6.45, 7) is 0. The number of carbonyl (C=O) groups is 1. The van der Waals surface area contributed by atoms with Gasteiger partial charge in [0.15, 0.2) is 0 Å². The molecule has 2 aromatic carbocycles. The van der Waals surface area contributed by atoms with E-state index in [2.05, 4.69) is 20.2 Å². The summed E-state index contributed by atoms with van der Waals surface area (Å²) >= 11 is 6.52. The van der Waals surface area contributed by atoms with Crippen LogP contribution in [0.15, 0.2) is 52.9 Å². The van der Waals surface area contributed by atoms with Crippen molar-refractivity contribution in [3.05, 3.63) is 59.1 Å². The van der Waals surface area contributed by atoms with Crippen LogP contribution in [0, 0.1) is 0 Å². The SMILES string of the molecule is COc1ccc(NS(=O)(=O)c2nnc(NC(=O)c3ccc(Cl)cc3)s2)cc1. The van der Waals surface area contributed by atoms with Gasteiger partial charge in [0.2, 0.25) is 5.13 Å². The van der Waals surface area contributed by atoms with E-state index in [9.17, 15) is 13.2 Å². The van der Waals surface area contributed by atoms with Gasteiger partial charge < -0.3 is 4.74 Å². The van der Waals surface area contributed by atoms with Crippen LogP contribution in [0.2, 0.25) is 5.02 Å². The molecule has 0 saturated carbocycles. The molecule has 0 spiro atoms. The normalized spacial score (nSPS) is 11.0. The molecule has 27 heavy (non-hydrogen) atoms. The van der Waals surface area contributed by atoms with Crippen molar-refractivity contribution in [2.24, 2.45) is 0 Å². The zero-order valence-corrected chi connectivity index (χ0v) is 16.2. The number of hydrogen-bond donors (Lipinski definition) is 2. The first-order valence-electron chi connectivity index (χ1n) is 7.45. The largest absolute Gasteiger partial charge is 0.497 e. The smallest absolute Gasteiger partial charge is 0.291 e. The lowest BCUT2D eigenvalue weighted by Crippen LogP contribution is -2.12. The molecule has 1 heterocycles. The van der Waals surface area contributed by atoms with Crippen LogP contribution in [-0.4, -0.2) is 31.6 Å². The highest BCUT2D eigenvalue weighted by atomic mass is 35.5. The van der Waals surface area contributed by atoms with Crippen LogP contribution in [0.3, 0.4) is 0 Å². The average Bonchev–Trinajstić information content (AvgIpc) is 3.12. The monoisotopic (exact) mass is 424 g/mol. The van der Waals surface area contributed by atoms with Gasteiger partial charge in [-0.1, -0.05) is 22.9 Å². The van der Waals surface area contributed by atoms with Crippen molar-refractivity contribution in [3.63, 3.8) is 0 Å². The number of amides is 1. The van der Waals surface area contributed by atoms with Crippen LogP contribution < -0.4 is 14.8 Å². The third-order valence-electron chi connectivity index (χ3n) is 3.31. The van der Waals surface area contributed by atoms with Crippen LogP contribution in [0.1, 0.15) is 10.4 Å². The van der Waals surface area contributed by atoms with Gasteiger partial charge in [-0.2, -0.15) is 8.42 Å². The van der Waals surface area contributed by atoms with Crippen molar-refractivity contribution in [1.29, 1.82) is 0 Å². The highest BCUT2D eigenvalue weighted by Crippen LogP contribution is 2.24. The number of carbonyl (C=O) groups excluding carboxylic acids is 1. The van der Waals surface area contributed by atoms with E-state index in [1.165, 1.54) is 7.11 Å². The average molecular weight is 425 g/mol. The number of rotatable bonds is 6. The van der Waals surface area contributed by atoms with Gasteiger partial charge in [-0.05, 0) is 48.5 Å². The molecule has 1 amide bonds. The minimum Gasteiger partial charge on any atom is -0.497 e. The Hall–Kier alpha value is -2.69. The number of sulfonamides is 1. The van der Waals surface area contributed by atoms with Crippen LogP contribution in [-0.2, 0) is 10.0 Å². The summed E-state index contributed by atoms with van der Waals surface area (Å²) in [7, 11) is -2.42. The molecule has 11 heteroatoms. The van der Waals surface area contributed by atoms with Crippen molar-refractivity contribution in [3.8, 4) is 5.75 Å². The molecule has 0 aliphatic rings. The molecule has 0 bridgehead atoms. The Kier molecular flexibility index (Phi) is 5.59. The van der Waals surface area contributed by atoms with Crippen LogP contribution in [0.25, 0.3) is 0 Å². The first kappa shape index (κ1) is 19.1. The van der Waals surface area contributed by atoms with Crippen molar-refractivity contribution in [1.82, 2.24) is 10.2 Å². The van der Waals surface area contributed by atoms with Crippen LogP contribution in [0.5, 0.6) is 5.75 Å². The molecule has 3 rings (SSSR count). The number of anilines is 2. The molecule has 1 aromatic heterocycles. The lowest BCUT2D eigenvalue weighted by Gasteiger charge is -2.05. The van der Waals surface area contributed by atoms with Gasteiger partial charge in [-0.25, -0.2) is 0 Å². The molecule has 2 N–H and O–H groups in total. The lowest BCUT2D eigenvalue weighted by atomic mass is 10.2. The third-order valence-corrected chi connectivity index (χ3v) is 6.14. The minimum absolute atomic E-state index is 0.0602. The number of hydrogen-bond acceptors (Lipinski definition) is 7. The molecule has 0 radical (unpaired) electrons. The Morgan fingerprint density at radius 1 is 1.07 bits per heavy atom. The predicted molar refractivity (Wildman–Crippen MR) is 103 cm³/mol. The number of benzene rings is 2. The molecular formula is C16H13ClN4O4S2. The van der Waals surface area contributed by atoms with E-state index in [0.717, 1.165) is 11.3 Å². The highest BCUT2D eigenvalue weighted by molar-refractivity contribution is 7.94. The van der Waals surface area contributed by atoms with Gasteiger partial charge in [0.1, 0.15) is 5.75 Å². The maximum Gasteiger partial charge on any atom is 0.291 e. The molecule has 0 fully saturated rings. The highest BCUT2D eigenvalue weighted by Gasteiger charge is 2.21. The summed E-state index contributed by atoms with van der Waals surface area (Å²) < 4.78 is 31.9. The van der Waals surface area contributed by atoms with Gasteiger partial charge in [0.05, 0.1) is 7.11 Å². The topological polar surface area (TPSA) is 110 Å². The second-order valence-corrected chi connectivity index (χ2v) is 8.44. The van der Waals surface area contributed by atoms with E-state index in [-0.39, 0.29) is 9.47 Å². The predicted octanol–water partition coefficient (Wildman–Crippen LogP) is 3.25. The number of nitrogens with one attached hydrogen (secondary N) is 2. The number of halogens is 1. The second kappa shape index (κ2) is 7.91. The van der Waals surface area contributed by atoms with Gasteiger partial charge in [-0.3, -0.25) is 14.8 Å². The Balaban J connectivity index is 1.71. The maximum atomic E-state index is 12.4. The standard InChI is InChI=1S/C16H13ClN4O4S2/c1-25-13-8-6-12(7-9-13)21-27(23,24)16-20-19-15(26-16)18-14(22)10-2-4-11(17)5-3-10/h2-9,21H,1H3,(H,18,19,22). The zero-order chi connectivity index (χ0) is 19.4. The van der Waals surface area contributed by atoms with Crippen molar-refractivity contribution in [2.75, 3.05) is 17.1 Å². The Labute approximate surface area is 164 Å². The first-order chi connectivity index (χ1) is 12.9. The molecule has 0 atom stereocenters. The minimum atomic E-state index is -3.93. The fraction of sp³-hybridized carbons (Fsp3) is 0.0625. The van der Waals surface area contributed by atoms with E-state index >= 15 is 0 Å². The van der Waals surface area contributed by atoms with Crippen LogP contribution >= 0.6 is 22.9 Å². The van der Waals surface area contributed by atoms with Crippen molar-refractivity contribution < 1.29 is 17.9 Å². The quantitative estimate of drug-likeness (QED) is 0.587. The molecular weight excluding hydrogens is 412 g/mol. The van der Waals surface area contributed by atoms with E-state index in [0.29, 0.717) is 22.0 Å². The lowest BCUT2D eigenvalue weighted by molar-refractivity contribution is 0.102. The van der Waals surface area contributed by atoms with Gasteiger partial charge in [0, 0.05) is 16.3 Å². The zero-order valence-electron chi connectivity index (χ0n) is 13.8. The Morgan fingerprint density at radius 2 is 1.74 bits per heavy atom. The van der Waals surface area contributed by atoms with Gasteiger partial charge in [0.25, 0.3) is 20.3 Å². The van der Waals surface area contributed by atoms with Crippen molar-refractivity contribution >= 4 is 49.7 Å². The second-order valence-electron chi connectivity index (χ2n) is 5.17. The molecule has 0 unspecified atom stereocenters. The molecule has 0 aliphatic carbocycles. The number of ether oxygens (including phenoxy) is 1. The van der Waals surface area contributed by atoms with Gasteiger partial charge >= 0.3 is 0 Å². The Bertz CT molecular complexity index is 1050. The summed E-state index contributed by atoms with van der Waals surface area (Å²) in [6.07, 6.45) is 0. The number of methoxy groups -OCH3 is 1. The summed E-state index contributed by atoms with van der Waals surface area (Å²) in [5.74, 6) is 0.149. The number of nitrogens with zero attached hydrogens (tertiary/aromatic N) is 2. The number of aromatic nitrogens is 2. The molecule has 140 valence electrons. The molecule has 0 saturated heterocycles. The summed E-state index contributed by atoms with van der Waals surface area (Å²) in [5.41, 5.74) is 0.702. The molecule has 0 aliphatic heterocycles. The Morgan fingerprint density at radius 3 is 2.37 bits per heavy atom. The maximum absolute atomic E-state index is 12.4. The summed E-state index contributed by atoms with van der Waals surface area (Å²) in [6, 6.07) is 12.6. The van der Waals surface area contributed by atoms with Crippen LogP contribution in [0.4, 0.5) is 10.8 Å². The third kappa shape index (κ3) is 4.73. The van der Waals surface area contributed by atoms with E-state index < -0.39 is 15.9 Å². The van der Waals surface area contributed by atoms with E-state index in [4.69, 9.17) is 16.3 Å². The van der Waals surface area contributed by atoms with Gasteiger partial charge in [-0.15, -0.1) is 10.2 Å². The molecule has 8 nitrogen and oxygen atoms in total.